The van der Waals surface area contributed by atoms with Gasteiger partial charge in [0.2, 0.25) is 0 Å². The van der Waals surface area contributed by atoms with E-state index >= 15 is 0 Å². The second-order valence-corrected chi connectivity index (χ2v) is 5.90. The Morgan fingerprint density at radius 3 is 2.76 bits per heavy atom. The van der Waals surface area contributed by atoms with E-state index in [0.717, 1.165) is 34.2 Å². The van der Waals surface area contributed by atoms with Gasteiger partial charge in [-0.25, -0.2) is 0 Å². The quantitative estimate of drug-likeness (QED) is 0.737. The van der Waals surface area contributed by atoms with Crippen LogP contribution in [0.4, 0.5) is 5.69 Å². The van der Waals surface area contributed by atoms with Crippen molar-refractivity contribution in [2.24, 2.45) is 0 Å². The maximum Gasteiger partial charge on any atom is 0.103 e. The van der Waals surface area contributed by atoms with Gasteiger partial charge in [0, 0.05) is 24.2 Å². The zero-order valence-corrected chi connectivity index (χ0v) is 12.2. The highest BCUT2D eigenvalue weighted by Crippen LogP contribution is 2.29. The number of rotatable bonds is 6. The minimum atomic E-state index is 0.808. The van der Waals surface area contributed by atoms with Crippen LogP contribution in [-0.4, -0.2) is 31.4 Å². The predicted molar refractivity (Wildman–Crippen MR) is 79.2 cm³/mol. The van der Waals surface area contributed by atoms with Crippen LogP contribution in [0.5, 0.6) is 0 Å². The van der Waals surface area contributed by atoms with Crippen molar-refractivity contribution in [3.63, 3.8) is 0 Å². The van der Waals surface area contributed by atoms with Crippen molar-refractivity contribution in [1.29, 1.82) is 5.26 Å². The molecule has 0 radical (unpaired) electrons. The van der Waals surface area contributed by atoms with Crippen molar-refractivity contribution >= 4 is 29.2 Å². The molecule has 1 rings (SSSR count). The Morgan fingerprint density at radius 2 is 2.18 bits per heavy atom. The molecular formula is C13H18N2S2. The Morgan fingerprint density at radius 1 is 1.41 bits per heavy atom. The molecule has 0 unspecified atom stereocenters. The summed E-state index contributed by atoms with van der Waals surface area (Å²) in [6, 6.07) is 8.42. The molecule has 0 N–H and O–H groups in total. The summed E-state index contributed by atoms with van der Waals surface area (Å²) in [5.74, 6) is 2.07. The number of hydrogen-bond acceptors (Lipinski definition) is 4. The van der Waals surface area contributed by atoms with Crippen molar-refractivity contribution in [3.8, 4) is 6.07 Å². The number of nitriles is 1. The minimum absolute atomic E-state index is 0.808. The number of anilines is 1. The Kier molecular flexibility index (Phi) is 6.31. The van der Waals surface area contributed by atoms with Gasteiger partial charge in [0.15, 0.2) is 0 Å². The van der Waals surface area contributed by atoms with Crippen LogP contribution in [0.15, 0.2) is 23.1 Å². The second kappa shape index (κ2) is 7.52. The van der Waals surface area contributed by atoms with Crippen molar-refractivity contribution < 1.29 is 0 Å². The first-order chi connectivity index (χ1) is 8.24. The van der Waals surface area contributed by atoms with E-state index in [4.69, 9.17) is 0 Å². The van der Waals surface area contributed by atoms with Gasteiger partial charge in [-0.15, -0.1) is 11.8 Å². The topological polar surface area (TPSA) is 27.0 Å². The summed E-state index contributed by atoms with van der Waals surface area (Å²) in [7, 11) is 2.05. The summed E-state index contributed by atoms with van der Waals surface area (Å²) < 4.78 is 0. The van der Waals surface area contributed by atoms with Gasteiger partial charge in [-0.2, -0.15) is 17.0 Å². The zero-order chi connectivity index (χ0) is 12.7. The minimum Gasteiger partial charge on any atom is -0.373 e. The molecule has 4 heteroatoms. The lowest BCUT2D eigenvalue weighted by Crippen LogP contribution is -2.21. The van der Waals surface area contributed by atoms with Gasteiger partial charge in [-0.05, 0) is 24.1 Å². The summed E-state index contributed by atoms with van der Waals surface area (Å²) in [5, 5.41) is 9.30. The normalized spacial score (nSPS) is 10.0. The lowest BCUT2D eigenvalue weighted by atomic mass is 10.2. The molecule has 92 valence electrons. The number of benzene rings is 1. The summed E-state index contributed by atoms with van der Waals surface area (Å²) in [4.78, 5) is 3.25. The number of hydrogen-bond donors (Lipinski definition) is 0. The Hall–Kier alpha value is -0.790. The average Bonchev–Trinajstić information content (AvgIpc) is 2.36. The molecular weight excluding hydrogens is 248 g/mol. The van der Waals surface area contributed by atoms with Gasteiger partial charge in [-0.3, -0.25) is 0 Å². The molecule has 0 saturated carbocycles. The highest BCUT2D eigenvalue weighted by Gasteiger charge is 2.11. The van der Waals surface area contributed by atoms with E-state index in [0.29, 0.717) is 0 Å². The van der Waals surface area contributed by atoms with Crippen molar-refractivity contribution in [2.75, 3.05) is 36.3 Å². The fourth-order valence-electron chi connectivity index (χ4n) is 1.57. The van der Waals surface area contributed by atoms with E-state index in [2.05, 4.69) is 24.1 Å². The molecule has 0 bridgehead atoms. The van der Waals surface area contributed by atoms with Crippen LogP contribution in [0.3, 0.4) is 0 Å². The molecule has 0 amide bonds. The van der Waals surface area contributed by atoms with Gasteiger partial charge in [0.1, 0.15) is 6.07 Å². The Bertz CT molecular complexity index is 399. The smallest absolute Gasteiger partial charge is 0.103 e. The molecule has 2 nitrogen and oxygen atoms in total. The molecule has 0 aliphatic heterocycles. The maximum absolute atomic E-state index is 9.30. The van der Waals surface area contributed by atoms with Crippen LogP contribution in [0.25, 0.3) is 0 Å². The van der Waals surface area contributed by atoms with E-state index in [1.807, 2.05) is 37.0 Å². The third kappa shape index (κ3) is 3.86. The molecule has 0 fully saturated rings. The largest absolute Gasteiger partial charge is 0.373 e. The number of thioether (sulfide) groups is 2. The van der Waals surface area contributed by atoms with Crippen LogP contribution in [0.2, 0.25) is 0 Å². The van der Waals surface area contributed by atoms with Gasteiger partial charge < -0.3 is 4.90 Å². The first-order valence-corrected chi connectivity index (χ1v) is 7.98. The summed E-state index contributed by atoms with van der Waals surface area (Å²) in [5.41, 5.74) is 1.85. The summed E-state index contributed by atoms with van der Waals surface area (Å²) in [6.07, 6.45) is 2.10. The molecule has 0 heterocycles. The molecule has 1 aromatic carbocycles. The predicted octanol–water partition coefficient (Wildman–Crippen LogP) is 3.47. The van der Waals surface area contributed by atoms with E-state index < -0.39 is 0 Å². The first kappa shape index (κ1) is 14.3. The third-order valence-electron chi connectivity index (χ3n) is 2.46. The van der Waals surface area contributed by atoms with Crippen LogP contribution < -0.4 is 4.90 Å². The standard InChI is InChI=1S/C13H18N2S2/c1-4-17-13-7-5-6-12(11(13)10-14)15(2)8-9-16-3/h5-7H,4,8-9H2,1-3H3. The van der Waals surface area contributed by atoms with E-state index in [9.17, 15) is 5.26 Å². The van der Waals surface area contributed by atoms with Gasteiger partial charge in [0.25, 0.3) is 0 Å². The van der Waals surface area contributed by atoms with Crippen molar-refractivity contribution in [1.82, 2.24) is 0 Å². The highest BCUT2D eigenvalue weighted by atomic mass is 32.2. The maximum atomic E-state index is 9.30. The molecule has 1 aromatic rings. The lowest BCUT2D eigenvalue weighted by Gasteiger charge is -2.21. The molecule has 0 saturated heterocycles. The highest BCUT2D eigenvalue weighted by molar-refractivity contribution is 7.99. The molecule has 0 aliphatic carbocycles. The van der Waals surface area contributed by atoms with Crippen LogP contribution in [0.1, 0.15) is 12.5 Å². The van der Waals surface area contributed by atoms with Crippen LogP contribution >= 0.6 is 23.5 Å². The summed E-state index contributed by atoms with van der Waals surface area (Å²) in [6.45, 7) is 3.08. The van der Waals surface area contributed by atoms with Crippen molar-refractivity contribution in [3.05, 3.63) is 23.8 Å². The monoisotopic (exact) mass is 266 g/mol. The average molecular weight is 266 g/mol. The van der Waals surface area contributed by atoms with E-state index in [1.165, 1.54) is 0 Å². The van der Waals surface area contributed by atoms with E-state index in [1.54, 1.807) is 11.8 Å². The molecule has 0 aromatic heterocycles. The third-order valence-corrected chi connectivity index (χ3v) is 3.99. The van der Waals surface area contributed by atoms with Crippen molar-refractivity contribution in [2.45, 2.75) is 11.8 Å². The fourth-order valence-corrected chi connectivity index (χ4v) is 2.81. The molecule has 17 heavy (non-hydrogen) atoms. The van der Waals surface area contributed by atoms with Crippen LogP contribution in [-0.2, 0) is 0 Å². The van der Waals surface area contributed by atoms with Gasteiger partial charge >= 0.3 is 0 Å². The lowest BCUT2D eigenvalue weighted by molar-refractivity contribution is 0.971. The number of nitrogens with zero attached hydrogens (tertiary/aromatic N) is 2. The van der Waals surface area contributed by atoms with Crippen LogP contribution in [0, 0.1) is 11.3 Å². The molecule has 0 aliphatic rings. The summed E-state index contributed by atoms with van der Waals surface area (Å²) >= 11 is 3.55. The molecule has 0 atom stereocenters. The van der Waals surface area contributed by atoms with Gasteiger partial charge in [0.05, 0.1) is 11.3 Å². The first-order valence-electron chi connectivity index (χ1n) is 5.60. The SMILES string of the molecule is CCSc1cccc(N(C)CCSC)c1C#N. The Balaban J connectivity index is 2.98. The zero-order valence-electron chi connectivity index (χ0n) is 10.6. The fraction of sp³-hybridized carbons (Fsp3) is 0.462. The second-order valence-electron chi connectivity index (χ2n) is 3.61. The van der Waals surface area contributed by atoms with E-state index in [-0.39, 0.29) is 0 Å². The molecule has 0 spiro atoms. The Labute approximate surface area is 112 Å². The van der Waals surface area contributed by atoms with Gasteiger partial charge in [-0.1, -0.05) is 13.0 Å².